The van der Waals surface area contributed by atoms with Gasteiger partial charge in [-0.1, -0.05) is 17.7 Å². The molecule has 1 aromatic carbocycles. The minimum atomic E-state index is -1.35. The third-order valence-electron chi connectivity index (χ3n) is 3.40. The van der Waals surface area contributed by atoms with Gasteiger partial charge in [-0.2, -0.15) is 0 Å². The minimum absolute atomic E-state index is 0.720. The molecule has 0 saturated carbocycles. The van der Waals surface area contributed by atoms with Crippen molar-refractivity contribution in [3.8, 4) is 0 Å². The Bertz CT molecular complexity index is 424. The van der Waals surface area contributed by atoms with Crippen molar-refractivity contribution in [2.75, 3.05) is 0 Å². The van der Waals surface area contributed by atoms with Gasteiger partial charge in [0.05, 0.1) is 5.92 Å². The minimum Gasteiger partial charge on any atom is -0.481 e. The largest absolute Gasteiger partial charge is 0.481 e. The van der Waals surface area contributed by atoms with E-state index in [2.05, 4.69) is 0 Å². The number of hydrogen-bond donors (Lipinski definition) is 2. The van der Waals surface area contributed by atoms with Crippen molar-refractivity contribution in [3.63, 3.8) is 0 Å². The van der Waals surface area contributed by atoms with Crippen molar-refractivity contribution in [1.82, 2.24) is 0 Å². The normalized spacial score (nSPS) is 16.4. The molecule has 17 heavy (non-hydrogen) atoms. The van der Waals surface area contributed by atoms with Crippen LogP contribution >= 0.6 is 0 Å². The van der Waals surface area contributed by atoms with Crippen molar-refractivity contribution < 1.29 is 15.0 Å². The highest BCUT2D eigenvalue weighted by Crippen LogP contribution is 2.34. The molecule has 0 bridgehead atoms. The van der Waals surface area contributed by atoms with Crippen LogP contribution in [0.3, 0.4) is 0 Å². The molecule has 0 aliphatic carbocycles. The van der Waals surface area contributed by atoms with Crippen molar-refractivity contribution >= 4 is 5.97 Å². The maximum atomic E-state index is 11.0. The van der Waals surface area contributed by atoms with Crippen LogP contribution in [0.5, 0.6) is 0 Å². The zero-order valence-corrected chi connectivity index (χ0v) is 11.0. The Kier molecular flexibility index (Phi) is 3.62. The van der Waals surface area contributed by atoms with E-state index in [1.54, 1.807) is 6.92 Å². The number of carboxylic acids is 1. The molecule has 0 heterocycles. The Morgan fingerprint density at radius 2 is 1.65 bits per heavy atom. The molecule has 0 fully saturated rings. The van der Waals surface area contributed by atoms with E-state index in [4.69, 9.17) is 5.11 Å². The quantitative estimate of drug-likeness (QED) is 0.848. The van der Waals surface area contributed by atoms with Crippen LogP contribution in [0.15, 0.2) is 12.1 Å². The molecule has 1 aromatic rings. The molecule has 2 atom stereocenters. The van der Waals surface area contributed by atoms with Crippen LogP contribution < -0.4 is 0 Å². The van der Waals surface area contributed by atoms with Crippen LogP contribution in [0.1, 0.15) is 36.1 Å². The average Bonchev–Trinajstić information content (AvgIpc) is 2.13. The molecular weight excluding hydrogens is 216 g/mol. The summed E-state index contributed by atoms with van der Waals surface area (Å²) >= 11 is 0. The van der Waals surface area contributed by atoms with Gasteiger partial charge in [0.25, 0.3) is 0 Å². The van der Waals surface area contributed by atoms with Crippen molar-refractivity contribution in [2.24, 2.45) is 5.92 Å². The number of aliphatic carboxylic acids is 1. The first-order valence-electron chi connectivity index (χ1n) is 5.71. The topological polar surface area (TPSA) is 57.5 Å². The number of aryl methyl sites for hydroxylation is 3. The highest BCUT2D eigenvalue weighted by Gasteiger charge is 2.37. The zero-order chi connectivity index (χ0) is 13.4. The molecule has 1 rings (SSSR count). The van der Waals surface area contributed by atoms with E-state index in [1.165, 1.54) is 6.92 Å². The van der Waals surface area contributed by atoms with Gasteiger partial charge in [0.1, 0.15) is 5.60 Å². The fourth-order valence-electron chi connectivity index (χ4n) is 2.44. The third kappa shape index (κ3) is 2.50. The first kappa shape index (κ1) is 13.7. The van der Waals surface area contributed by atoms with E-state index in [0.717, 1.165) is 22.3 Å². The molecule has 0 amide bonds. The van der Waals surface area contributed by atoms with Gasteiger partial charge in [-0.05, 0) is 51.3 Å². The lowest BCUT2D eigenvalue weighted by molar-refractivity contribution is -0.150. The second-order valence-electron chi connectivity index (χ2n) is 4.98. The predicted octanol–water partition coefficient (Wildman–Crippen LogP) is 2.54. The van der Waals surface area contributed by atoms with Gasteiger partial charge >= 0.3 is 5.97 Å². The van der Waals surface area contributed by atoms with E-state index in [-0.39, 0.29) is 0 Å². The van der Waals surface area contributed by atoms with Gasteiger partial charge in [-0.25, -0.2) is 0 Å². The van der Waals surface area contributed by atoms with Gasteiger partial charge in [-0.15, -0.1) is 0 Å². The van der Waals surface area contributed by atoms with Crippen molar-refractivity contribution in [2.45, 2.75) is 40.2 Å². The predicted molar refractivity (Wildman–Crippen MR) is 67.0 cm³/mol. The van der Waals surface area contributed by atoms with Crippen molar-refractivity contribution in [1.29, 1.82) is 0 Å². The number of carbonyl (C=O) groups is 1. The molecule has 0 aliphatic heterocycles. The van der Waals surface area contributed by atoms with Crippen LogP contribution in [0, 0.1) is 26.7 Å². The SMILES string of the molecule is Cc1cc(C)c(C(C)(O)C(C)C(=O)O)c(C)c1. The second-order valence-corrected chi connectivity index (χ2v) is 4.98. The Balaban J connectivity index is 3.38. The molecule has 3 nitrogen and oxygen atoms in total. The van der Waals surface area contributed by atoms with Crippen LogP contribution in [0.25, 0.3) is 0 Å². The summed E-state index contributed by atoms with van der Waals surface area (Å²) in [5, 5.41) is 19.6. The lowest BCUT2D eigenvalue weighted by Crippen LogP contribution is -2.36. The summed E-state index contributed by atoms with van der Waals surface area (Å²) < 4.78 is 0. The van der Waals surface area contributed by atoms with Gasteiger partial charge in [0, 0.05) is 0 Å². The Hall–Kier alpha value is -1.35. The summed E-state index contributed by atoms with van der Waals surface area (Å²) in [5.41, 5.74) is 2.34. The number of benzene rings is 1. The monoisotopic (exact) mass is 236 g/mol. The first-order chi connectivity index (χ1) is 7.67. The molecule has 0 spiro atoms. The average molecular weight is 236 g/mol. The number of aliphatic hydroxyl groups is 1. The molecular formula is C14H20O3. The van der Waals surface area contributed by atoms with Crippen molar-refractivity contribution in [3.05, 3.63) is 34.4 Å². The fourth-order valence-corrected chi connectivity index (χ4v) is 2.44. The van der Waals surface area contributed by atoms with E-state index >= 15 is 0 Å². The molecule has 2 N–H and O–H groups in total. The standard InChI is InChI=1S/C14H20O3/c1-8-6-9(2)12(10(3)7-8)14(5,17)11(4)13(15)16/h6-7,11,17H,1-5H3,(H,15,16). The lowest BCUT2D eigenvalue weighted by Gasteiger charge is -2.31. The maximum Gasteiger partial charge on any atom is 0.309 e. The van der Waals surface area contributed by atoms with E-state index in [0.29, 0.717) is 0 Å². The zero-order valence-electron chi connectivity index (χ0n) is 11.0. The van der Waals surface area contributed by atoms with E-state index in [1.807, 2.05) is 32.9 Å². The number of hydrogen-bond acceptors (Lipinski definition) is 2. The van der Waals surface area contributed by atoms with Gasteiger partial charge in [-0.3, -0.25) is 4.79 Å². The number of carboxylic acid groups (broad SMARTS) is 1. The Labute approximate surface area is 102 Å². The maximum absolute atomic E-state index is 11.0. The summed E-state index contributed by atoms with van der Waals surface area (Å²) in [7, 11) is 0. The molecule has 3 heteroatoms. The molecule has 2 unspecified atom stereocenters. The lowest BCUT2D eigenvalue weighted by atomic mass is 9.79. The van der Waals surface area contributed by atoms with Crippen LogP contribution in [-0.4, -0.2) is 16.2 Å². The van der Waals surface area contributed by atoms with Crippen LogP contribution in [0.2, 0.25) is 0 Å². The first-order valence-corrected chi connectivity index (χ1v) is 5.71. The van der Waals surface area contributed by atoms with Crippen LogP contribution in [-0.2, 0) is 10.4 Å². The van der Waals surface area contributed by atoms with E-state index in [9.17, 15) is 9.90 Å². The summed E-state index contributed by atoms with van der Waals surface area (Å²) in [6.07, 6.45) is 0. The summed E-state index contributed by atoms with van der Waals surface area (Å²) in [5.74, 6) is -1.84. The molecule has 0 aliphatic rings. The highest BCUT2D eigenvalue weighted by atomic mass is 16.4. The third-order valence-corrected chi connectivity index (χ3v) is 3.40. The smallest absolute Gasteiger partial charge is 0.309 e. The molecule has 0 radical (unpaired) electrons. The summed E-state index contributed by atoms with van der Waals surface area (Å²) in [6, 6.07) is 3.93. The van der Waals surface area contributed by atoms with Gasteiger partial charge in [0.15, 0.2) is 0 Å². The summed E-state index contributed by atoms with van der Waals surface area (Å²) in [6.45, 7) is 8.88. The Morgan fingerprint density at radius 1 is 1.24 bits per heavy atom. The van der Waals surface area contributed by atoms with Gasteiger partial charge < -0.3 is 10.2 Å². The fraction of sp³-hybridized carbons (Fsp3) is 0.500. The van der Waals surface area contributed by atoms with Gasteiger partial charge in [0.2, 0.25) is 0 Å². The number of rotatable bonds is 3. The molecule has 94 valence electrons. The highest BCUT2D eigenvalue weighted by molar-refractivity contribution is 5.71. The molecule has 0 aromatic heterocycles. The second kappa shape index (κ2) is 4.49. The van der Waals surface area contributed by atoms with Crippen LogP contribution in [0.4, 0.5) is 0 Å². The Morgan fingerprint density at radius 3 is 2.00 bits per heavy atom. The van der Waals surface area contributed by atoms with E-state index < -0.39 is 17.5 Å². The molecule has 0 saturated heterocycles. The summed E-state index contributed by atoms with van der Waals surface area (Å²) in [4.78, 5) is 11.0.